The largest absolute Gasteiger partial charge is 0.483 e. The normalized spacial score (nSPS) is 14.1. The van der Waals surface area contributed by atoms with Crippen molar-refractivity contribution in [3.8, 4) is 5.75 Å². The first kappa shape index (κ1) is 13.9. The molecular formula is C17H19NO3. The van der Waals surface area contributed by atoms with Crippen molar-refractivity contribution >= 4 is 16.7 Å². The maximum absolute atomic E-state index is 11.7. The van der Waals surface area contributed by atoms with Gasteiger partial charge in [0.2, 0.25) is 0 Å². The molecule has 2 aromatic carbocycles. The fourth-order valence-corrected chi connectivity index (χ4v) is 2.39. The van der Waals surface area contributed by atoms with Crippen LogP contribution in [0.25, 0.3) is 10.8 Å². The molecule has 0 aromatic heterocycles. The van der Waals surface area contributed by atoms with Crippen LogP contribution in [-0.2, 0) is 11.4 Å². The van der Waals surface area contributed by atoms with E-state index in [9.17, 15) is 9.90 Å². The Hall–Kier alpha value is -2.07. The lowest BCUT2D eigenvalue weighted by molar-refractivity contribution is -0.123. The van der Waals surface area contributed by atoms with Gasteiger partial charge >= 0.3 is 0 Å². The number of carbonyl (C=O) groups is 1. The van der Waals surface area contributed by atoms with Gasteiger partial charge in [0.15, 0.2) is 6.61 Å². The highest BCUT2D eigenvalue weighted by Gasteiger charge is 2.21. The third kappa shape index (κ3) is 3.34. The quantitative estimate of drug-likeness (QED) is 0.855. The molecule has 0 unspecified atom stereocenters. The molecule has 1 fully saturated rings. The van der Waals surface area contributed by atoms with Gasteiger partial charge in [-0.2, -0.15) is 0 Å². The zero-order chi connectivity index (χ0) is 14.7. The number of fused-ring (bicyclic) bond motifs is 1. The van der Waals surface area contributed by atoms with Gasteiger partial charge in [-0.3, -0.25) is 4.79 Å². The third-order valence-electron chi connectivity index (χ3n) is 3.80. The fourth-order valence-electron chi connectivity index (χ4n) is 2.39. The van der Waals surface area contributed by atoms with Crippen molar-refractivity contribution in [1.82, 2.24) is 5.32 Å². The van der Waals surface area contributed by atoms with Crippen molar-refractivity contribution in [1.29, 1.82) is 0 Å². The predicted molar refractivity (Wildman–Crippen MR) is 81.1 cm³/mol. The van der Waals surface area contributed by atoms with Gasteiger partial charge in [0, 0.05) is 12.1 Å². The van der Waals surface area contributed by atoms with E-state index in [4.69, 9.17) is 4.74 Å². The standard InChI is InChI=1S/C17H19NO3/c19-10-15-14-4-2-1-3-13(14)7-8-16(15)21-11-17(20)18-9-12-5-6-12/h1-4,7-8,12,19H,5-6,9-11H2,(H,18,20). The average Bonchev–Trinajstić information content (AvgIpc) is 3.34. The SMILES string of the molecule is O=C(COc1ccc2ccccc2c1CO)NCC1CC1. The molecule has 0 spiro atoms. The van der Waals surface area contributed by atoms with Crippen LogP contribution >= 0.6 is 0 Å². The molecule has 110 valence electrons. The number of ether oxygens (including phenoxy) is 1. The van der Waals surface area contributed by atoms with Crippen molar-refractivity contribution in [2.24, 2.45) is 5.92 Å². The number of benzene rings is 2. The van der Waals surface area contributed by atoms with Crippen LogP contribution in [0.15, 0.2) is 36.4 Å². The number of hydrogen-bond donors (Lipinski definition) is 2. The minimum atomic E-state index is -0.112. The number of rotatable bonds is 6. The van der Waals surface area contributed by atoms with E-state index in [1.165, 1.54) is 12.8 Å². The van der Waals surface area contributed by atoms with Crippen molar-refractivity contribution in [3.05, 3.63) is 42.0 Å². The molecule has 0 bridgehead atoms. The number of aliphatic hydroxyl groups is 1. The first-order valence-electron chi connectivity index (χ1n) is 7.29. The molecule has 1 saturated carbocycles. The third-order valence-corrected chi connectivity index (χ3v) is 3.80. The van der Waals surface area contributed by atoms with E-state index in [1.54, 1.807) is 0 Å². The van der Waals surface area contributed by atoms with Gasteiger partial charge in [0.1, 0.15) is 5.75 Å². The lowest BCUT2D eigenvalue weighted by Crippen LogP contribution is -2.30. The second kappa shape index (κ2) is 6.14. The Balaban J connectivity index is 1.69. The molecular weight excluding hydrogens is 266 g/mol. The van der Waals surface area contributed by atoms with E-state index in [-0.39, 0.29) is 19.1 Å². The highest BCUT2D eigenvalue weighted by Crippen LogP contribution is 2.28. The van der Waals surface area contributed by atoms with E-state index >= 15 is 0 Å². The van der Waals surface area contributed by atoms with Crippen LogP contribution in [0.1, 0.15) is 18.4 Å². The summed E-state index contributed by atoms with van der Waals surface area (Å²) in [5.74, 6) is 1.11. The van der Waals surface area contributed by atoms with E-state index < -0.39 is 0 Å². The number of hydrogen-bond acceptors (Lipinski definition) is 3. The Labute approximate surface area is 123 Å². The van der Waals surface area contributed by atoms with Gasteiger partial charge in [-0.25, -0.2) is 0 Å². The molecule has 1 aliphatic rings. The Morgan fingerprint density at radius 1 is 1.24 bits per heavy atom. The van der Waals surface area contributed by atoms with Crippen LogP contribution in [0.5, 0.6) is 5.75 Å². The lowest BCUT2D eigenvalue weighted by atomic mass is 10.0. The molecule has 3 rings (SSSR count). The molecule has 0 aliphatic heterocycles. The van der Waals surface area contributed by atoms with Crippen LogP contribution < -0.4 is 10.1 Å². The summed E-state index contributed by atoms with van der Waals surface area (Å²) < 4.78 is 5.58. The van der Waals surface area contributed by atoms with Gasteiger partial charge in [0.05, 0.1) is 6.61 Å². The van der Waals surface area contributed by atoms with Gasteiger partial charge in [-0.05, 0) is 35.6 Å². The molecule has 2 N–H and O–H groups in total. The predicted octanol–water partition coefficient (Wildman–Crippen LogP) is 2.24. The minimum Gasteiger partial charge on any atom is -0.483 e. The highest BCUT2D eigenvalue weighted by atomic mass is 16.5. The molecule has 0 atom stereocenters. The smallest absolute Gasteiger partial charge is 0.257 e. The Bertz CT molecular complexity index is 650. The molecule has 0 saturated heterocycles. The molecule has 1 aliphatic carbocycles. The fraction of sp³-hybridized carbons (Fsp3) is 0.353. The molecule has 4 heteroatoms. The maximum atomic E-state index is 11.7. The Morgan fingerprint density at radius 3 is 2.81 bits per heavy atom. The van der Waals surface area contributed by atoms with Crippen LogP contribution in [0.4, 0.5) is 0 Å². The lowest BCUT2D eigenvalue weighted by Gasteiger charge is -2.12. The summed E-state index contributed by atoms with van der Waals surface area (Å²) in [7, 11) is 0. The van der Waals surface area contributed by atoms with Crippen LogP contribution in [0.2, 0.25) is 0 Å². The van der Waals surface area contributed by atoms with E-state index in [0.29, 0.717) is 11.7 Å². The van der Waals surface area contributed by atoms with Crippen LogP contribution in [0, 0.1) is 5.92 Å². The minimum absolute atomic E-state index is 0.0158. The second-order valence-electron chi connectivity index (χ2n) is 5.46. The van der Waals surface area contributed by atoms with Crippen molar-refractivity contribution in [2.75, 3.05) is 13.2 Å². The molecule has 0 heterocycles. The van der Waals surface area contributed by atoms with Gasteiger partial charge in [-0.1, -0.05) is 30.3 Å². The van der Waals surface area contributed by atoms with E-state index in [0.717, 1.165) is 22.9 Å². The maximum Gasteiger partial charge on any atom is 0.257 e. The number of carbonyl (C=O) groups excluding carboxylic acids is 1. The van der Waals surface area contributed by atoms with Gasteiger partial charge in [0.25, 0.3) is 5.91 Å². The highest BCUT2D eigenvalue weighted by molar-refractivity contribution is 5.87. The topological polar surface area (TPSA) is 58.6 Å². The summed E-state index contributed by atoms with van der Waals surface area (Å²) in [4.78, 5) is 11.7. The molecule has 2 aromatic rings. The summed E-state index contributed by atoms with van der Waals surface area (Å²) >= 11 is 0. The monoisotopic (exact) mass is 285 g/mol. The van der Waals surface area contributed by atoms with Crippen molar-refractivity contribution < 1.29 is 14.6 Å². The van der Waals surface area contributed by atoms with E-state index in [2.05, 4.69) is 5.32 Å². The summed E-state index contributed by atoms with van der Waals surface area (Å²) in [6.45, 7) is 0.616. The van der Waals surface area contributed by atoms with Gasteiger partial charge < -0.3 is 15.2 Å². The average molecular weight is 285 g/mol. The first-order valence-corrected chi connectivity index (χ1v) is 7.29. The molecule has 21 heavy (non-hydrogen) atoms. The number of aliphatic hydroxyl groups excluding tert-OH is 1. The zero-order valence-electron chi connectivity index (χ0n) is 11.8. The molecule has 1 amide bonds. The van der Waals surface area contributed by atoms with Crippen molar-refractivity contribution in [2.45, 2.75) is 19.4 Å². The Morgan fingerprint density at radius 2 is 2.05 bits per heavy atom. The zero-order valence-corrected chi connectivity index (χ0v) is 11.8. The Kier molecular flexibility index (Phi) is 4.06. The summed E-state index contributed by atoms with van der Waals surface area (Å²) in [6.07, 6.45) is 2.42. The van der Waals surface area contributed by atoms with Crippen LogP contribution in [-0.4, -0.2) is 24.2 Å². The number of amides is 1. The second-order valence-corrected chi connectivity index (χ2v) is 5.46. The van der Waals surface area contributed by atoms with Gasteiger partial charge in [-0.15, -0.1) is 0 Å². The summed E-state index contributed by atoms with van der Waals surface area (Å²) in [6, 6.07) is 11.6. The number of nitrogens with one attached hydrogen (secondary N) is 1. The summed E-state index contributed by atoms with van der Waals surface area (Å²) in [5.41, 5.74) is 0.725. The van der Waals surface area contributed by atoms with Crippen LogP contribution in [0.3, 0.4) is 0 Å². The van der Waals surface area contributed by atoms with Crippen molar-refractivity contribution in [3.63, 3.8) is 0 Å². The summed E-state index contributed by atoms with van der Waals surface area (Å²) in [5, 5.41) is 14.5. The first-order chi connectivity index (χ1) is 10.3. The molecule has 4 nitrogen and oxygen atoms in total. The molecule has 0 radical (unpaired) electrons. The van der Waals surface area contributed by atoms with E-state index in [1.807, 2.05) is 36.4 Å².